The van der Waals surface area contributed by atoms with Crippen LogP contribution in [0.2, 0.25) is 0 Å². The van der Waals surface area contributed by atoms with E-state index in [-0.39, 0.29) is 0 Å². The minimum atomic E-state index is 0.665. The van der Waals surface area contributed by atoms with Crippen LogP contribution in [0, 0.1) is 6.92 Å². The second-order valence-corrected chi connectivity index (χ2v) is 7.40. The van der Waals surface area contributed by atoms with Crippen LogP contribution in [0.25, 0.3) is 0 Å². The molecule has 0 saturated heterocycles. The maximum absolute atomic E-state index is 5.70. The van der Waals surface area contributed by atoms with Crippen LogP contribution in [0.5, 0.6) is 5.75 Å². The van der Waals surface area contributed by atoms with Gasteiger partial charge in [0.25, 0.3) is 0 Å². The molecule has 0 bridgehead atoms. The minimum Gasteiger partial charge on any atom is -0.494 e. The van der Waals surface area contributed by atoms with Crippen molar-refractivity contribution in [3.05, 3.63) is 58.0 Å². The van der Waals surface area contributed by atoms with Gasteiger partial charge in [-0.05, 0) is 32.0 Å². The van der Waals surface area contributed by atoms with Crippen LogP contribution in [0.3, 0.4) is 0 Å². The Labute approximate surface area is 144 Å². The Bertz CT molecular complexity index is 767. The number of rotatable bonds is 7. The normalized spacial score (nSPS) is 10.9. The largest absolute Gasteiger partial charge is 0.494 e. The highest BCUT2D eigenvalue weighted by Gasteiger charge is 2.09. The fourth-order valence-electron chi connectivity index (χ4n) is 2.28. The van der Waals surface area contributed by atoms with Crippen LogP contribution in [-0.4, -0.2) is 21.4 Å². The van der Waals surface area contributed by atoms with Gasteiger partial charge in [0, 0.05) is 21.1 Å². The Balaban J connectivity index is 1.71. The van der Waals surface area contributed by atoms with Gasteiger partial charge in [-0.15, -0.1) is 21.5 Å². The molecule has 0 spiro atoms. The lowest BCUT2D eigenvalue weighted by molar-refractivity contribution is 0.335. The molecule has 0 fully saturated rings. The van der Waals surface area contributed by atoms with Crippen molar-refractivity contribution in [3.8, 4) is 5.75 Å². The first-order valence-electron chi connectivity index (χ1n) is 7.53. The second kappa shape index (κ2) is 7.66. The van der Waals surface area contributed by atoms with E-state index < -0.39 is 0 Å². The molecule has 0 atom stereocenters. The van der Waals surface area contributed by atoms with Crippen LogP contribution >= 0.6 is 23.1 Å². The summed E-state index contributed by atoms with van der Waals surface area (Å²) in [6.07, 6.45) is 1.78. The molecule has 2 aromatic heterocycles. The Morgan fingerprint density at radius 1 is 1.22 bits per heavy atom. The SMILES string of the molecule is CCOc1ccccc1Cn1cnnc1SCc1ccc(C)s1. The zero-order valence-corrected chi connectivity index (χ0v) is 14.9. The molecule has 1 aromatic carbocycles. The van der Waals surface area contributed by atoms with Gasteiger partial charge >= 0.3 is 0 Å². The lowest BCUT2D eigenvalue weighted by atomic mass is 10.2. The summed E-state index contributed by atoms with van der Waals surface area (Å²) in [6.45, 7) is 5.51. The molecule has 2 heterocycles. The Morgan fingerprint density at radius 3 is 2.87 bits per heavy atom. The lowest BCUT2D eigenvalue weighted by Gasteiger charge is -2.11. The number of hydrogen-bond donors (Lipinski definition) is 0. The quantitative estimate of drug-likeness (QED) is 0.596. The third kappa shape index (κ3) is 4.14. The molecule has 4 nitrogen and oxygen atoms in total. The predicted molar refractivity (Wildman–Crippen MR) is 95.4 cm³/mol. The molecule has 0 aliphatic heterocycles. The topological polar surface area (TPSA) is 39.9 Å². The van der Waals surface area contributed by atoms with Gasteiger partial charge in [0.2, 0.25) is 0 Å². The molecule has 6 heteroatoms. The van der Waals surface area contributed by atoms with Crippen molar-refractivity contribution >= 4 is 23.1 Å². The third-order valence-corrected chi connectivity index (χ3v) is 5.55. The molecule has 0 unspecified atom stereocenters. The van der Waals surface area contributed by atoms with Gasteiger partial charge in [0.1, 0.15) is 12.1 Å². The van der Waals surface area contributed by atoms with Gasteiger partial charge in [0.05, 0.1) is 13.2 Å². The van der Waals surface area contributed by atoms with Gasteiger partial charge in [-0.3, -0.25) is 0 Å². The van der Waals surface area contributed by atoms with Gasteiger partial charge < -0.3 is 9.30 Å². The molecule has 0 radical (unpaired) electrons. The summed E-state index contributed by atoms with van der Waals surface area (Å²) in [5.74, 6) is 1.85. The average molecular weight is 345 g/mol. The van der Waals surface area contributed by atoms with E-state index in [1.165, 1.54) is 9.75 Å². The number of benzene rings is 1. The predicted octanol–water partition coefficient (Wildman–Crippen LogP) is 4.39. The van der Waals surface area contributed by atoms with E-state index in [1.807, 2.05) is 36.5 Å². The van der Waals surface area contributed by atoms with Crippen LogP contribution in [0.1, 0.15) is 22.2 Å². The fourth-order valence-corrected chi connectivity index (χ4v) is 4.13. The fraction of sp³-hybridized carbons (Fsp3) is 0.294. The molecule has 120 valence electrons. The molecule has 3 rings (SSSR count). The second-order valence-electron chi connectivity index (χ2n) is 5.08. The van der Waals surface area contributed by atoms with Crippen molar-refractivity contribution < 1.29 is 4.74 Å². The molecule has 3 aromatic rings. The summed E-state index contributed by atoms with van der Waals surface area (Å²) < 4.78 is 7.77. The number of thiophene rings is 1. The summed E-state index contributed by atoms with van der Waals surface area (Å²) in [4.78, 5) is 2.70. The Morgan fingerprint density at radius 2 is 2.09 bits per heavy atom. The van der Waals surface area contributed by atoms with E-state index in [9.17, 15) is 0 Å². The number of para-hydroxylation sites is 1. The van der Waals surface area contributed by atoms with Gasteiger partial charge in [0.15, 0.2) is 5.16 Å². The number of hydrogen-bond acceptors (Lipinski definition) is 5. The van der Waals surface area contributed by atoms with Crippen LogP contribution in [0.15, 0.2) is 47.9 Å². The molecule has 0 saturated carbocycles. The molecule has 0 N–H and O–H groups in total. The van der Waals surface area contributed by atoms with Crippen molar-refractivity contribution in [2.24, 2.45) is 0 Å². The summed E-state index contributed by atoms with van der Waals surface area (Å²) in [7, 11) is 0. The standard InChI is InChI=1S/C17H19N3OS2/c1-3-21-16-7-5-4-6-14(16)10-20-12-18-19-17(20)22-11-15-9-8-13(2)23-15/h4-9,12H,3,10-11H2,1-2H3. The Kier molecular flexibility index (Phi) is 5.35. The number of ether oxygens (including phenoxy) is 1. The van der Waals surface area contributed by atoms with Crippen molar-refractivity contribution in [1.29, 1.82) is 0 Å². The van der Waals surface area contributed by atoms with Crippen LogP contribution in [0.4, 0.5) is 0 Å². The molecular formula is C17H19N3OS2. The average Bonchev–Trinajstić information content (AvgIpc) is 3.16. The van der Waals surface area contributed by atoms with E-state index in [0.29, 0.717) is 6.61 Å². The number of aryl methyl sites for hydroxylation is 1. The molecule has 0 amide bonds. The van der Waals surface area contributed by atoms with Crippen molar-refractivity contribution in [3.63, 3.8) is 0 Å². The summed E-state index contributed by atoms with van der Waals surface area (Å²) in [6, 6.07) is 12.5. The molecular weight excluding hydrogens is 326 g/mol. The number of aromatic nitrogens is 3. The van der Waals surface area contributed by atoms with Crippen LogP contribution < -0.4 is 4.74 Å². The van der Waals surface area contributed by atoms with Crippen molar-refractivity contribution in [2.45, 2.75) is 31.3 Å². The van der Waals surface area contributed by atoms with Crippen molar-refractivity contribution in [2.75, 3.05) is 6.61 Å². The minimum absolute atomic E-state index is 0.665. The number of nitrogens with zero attached hydrogens (tertiary/aromatic N) is 3. The molecule has 23 heavy (non-hydrogen) atoms. The highest BCUT2D eigenvalue weighted by atomic mass is 32.2. The van der Waals surface area contributed by atoms with Gasteiger partial charge in [-0.1, -0.05) is 30.0 Å². The highest BCUT2D eigenvalue weighted by Crippen LogP contribution is 2.27. The summed E-state index contributed by atoms with van der Waals surface area (Å²) in [5, 5.41) is 9.25. The zero-order chi connectivity index (χ0) is 16.1. The molecule has 0 aliphatic carbocycles. The van der Waals surface area contributed by atoms with Crippen LogP contribution in [-0.2, 0) is 12.3 Å². The first-order chi connectivity index (χ1) is 11.3. The summed E-state index contributed by atoms with van der Waals surface area (Å²) in [5.41, 5.74) is 1.14. The number of thioether (sulfide) groups is 1. The molecule has 0 aliphatic rings. The smallest absolute Gasteiger partial charge is 0.191 e. The van der Waals surface area contributed by atoms with E-state index in [2.05, 4.69) is 39.9 Å². The van der Waals surface area contributed by atoms with E-state index in [0.717, 1.165) is 28.8 Å². The van der Waals surface area contributed by atoms with E-state index >= 15 is 0 Å². The van der Waals surface area contributed by atoms with Gasteiger partial charge in [-0.2, -0.15) is 0 Å². The maximum Gasteiger partial charge on any atom is 0.191 e. The first-order valence-corrected chi connectivity index (χ1v) is 9.33. The van der Waals surface area contributed by atoms with E-state index in [1.54, 1.807) is 18.1 Å². The summed E-state index contributed by atoms with van der Waals surface area (Å²) >= 11 is 3.55. The van der Waals surface area contributed by atoms with Gasteiger partial charge in [-0.25, -0.2) is 0 Å². The lowest BCUT2D eigenvalue weighted by Crippen LogP contribution is -2.03. The van der Waals surface area contributed by atoms with E-state index in [4.69, 9.17) is 4.74 Å². The van der Waals surface area contributed by atoms with Crippen molar-refractivity contribution in [1.82, 2.24) is 14.8 Å². The third-order valence-electron chi connectivity index (χ3n) is 3.33. The Hall–Kier alpha value is -1.79. The zero-order valence-electron chi connectivity index (χ0n) is 13.2. The monoisotopic (exact) mass is 345 g/mol. The highest BCUT2D eigenvalue weighted by molar-refractivity contribution is 7.98. The maximum atomic E-state index is 5.70. The first kappa shape index (κ1) is 16.1.